The second kappa shape index (κ2) is 4.81. The zero-order valence-electron chi connectivity index (χ0n) is 10.6. The summed E-state index contributed by atoms with van der Waals surface area (Å²) in [6.07, 6.45) is 1.76. The Balaban J connectivity index is 3.12. The number of aliphatic hydroxyl groups is 1. The van der Waals surface area contributed by atoms with Crippen molar-refractivity contribution in [1.29, 1.82) is 0 Å². The molecule has 3 nitrogen and oxygen atoms in total. The molecule has 90 valence electrons. The van der Waals surface area contributed by atoms with Crippen LogP contribution in [0.2, 0.25) is 0 Å². The zero-order chi connectivity index (χ0) is 12.3. The molecule has 0 aromatic heterocycles. The van der Waals surface area contributed by atoms with Crippen molar-refractivity contribution in [1.82, 2.24) is 0 Å². The van der Waals surface area contributed by atoms with Crippen LogP contribution in [-0.4, -0.2) is 23.1 Å². The molecule has 0 unspecified atom stereocenters. The molecule has 1 aliphatic carbocycles. The van der Waals surface area contributed by atoms with Crippen molar-refractivity contribution >= 4 is 11.5 Å². The van der Waals surface area contributed by atoms with Crippen LogP contribution in [-0.2, 0) is 4.79 Å². The summed E-state index contributed by atoms with van der Waals surface area (Å²) in [5.41, 5.74) is 1.10. The first-order valence-electron chi connectivity index (χ1n) is 5.90. The molecule has 1 aliphatic rings. The van der Waals surface area contributed by atoms with Gasteiger partial charge in [-0.2, -0.15) is 0 Å². The van der Waals surface area contributed by atoms with Gasteiger partial charge in [0.15, 0.2) is 5.78 Å². The van der Waals surface area contributed by atoms with Gasteiger partial charge in [0.1, 0.15) is 5.76 Å². The third kappa shape index (κ3) is 2.71. The van der Waals surface area contributed by atoms with E-state index in [-0.39, 0.29) is 17.0 Å². The van der Waals surface area contributed by atoms with Crippen LogP contribution in [0.4, 0.5) is 0 Å². The Morgan fingerprint density at radius 2 is 2.00 bits per heavy atom. The number of nitrogens with zero attached hydrogens (tertiary/aromatic N) is 1. The van der Waals surface area contributed by atoms with E-state index in [1.165, 1.54) is 0 Å². The van der Waals surface area contributed by atoms with E-state index in [2.05, 4.69) is 4.99 Å². The van der Waals surface area contributed by atoms with Gasteiger partial charge in [-0.1, -0.05) is 20.8 Å². The first-order valence-corrected chi connectivity index (χ1v) is 5.90. The third-order valence-corrected chi connectivity index (χ3v) is 2.82. The summed E-state index contributed by atoms with van der Waals surface area (Å²) in [4.78, 5) is 16.3. The maximum Gasteiger partial charge on any atom is 0.168 e. The topological polar surface area (TPSA) is 49.7 Å². The van der Waals surface area contributed by atoms with E-state index in [9.17, 15) is 9.90 Å². The highest BCUT2D eigenvalue weighted by Crippen LogP contribution is 2.36. The monoisotopic (exact) mass is 223 g/mol. The predicted molar refractivity (Wildman–Crippen MR) is 65.9 cm³/mol. The highest BCUT2D eigenvalue weighted by Gasteiger charge is 2.34. The molecule has 0 amide bonds. The summed E-state index contributed by atoms with van der Waals surface area (Å²) in [5.74, 6) is 0.248. The second-order valence-corrected chi connectivity index (χ2v) is 5.04. The summed E-state index contributed by atoms with van der Waals surface area (Å²) in [7, 11) is 0. The molecule has 3 heteroatoms. The lowest BCUT2D eigenvalue weighted by molar-refractivity contribution is -0.117. The quantitative estimate of drug-likeness (QED) is 0.747. The molecular weight excluding hydrogens is 202 g/mol. The summed E-state index contributed by atoms with van der Waals surface area (Å²) < 4.78 is 0. The molecule has 0 saturated carbocycles. The van der Waals surface area contributed by atoms with Gasteiger partial charge in [0.2, 0.25) is 0 Å². The summed E-state index contributed by atoms with van der Waals surface area (Å²) in [6, 6.07) is 0. The Labute approximate surface area is 97.3 Å². The Morgan fingerprint density at radius 1 is 1.38 bits per heavy atom. The SMILES string of the molecule is CCN=C(CC)C1=C(O)CC(C)(C)CC1=O. The van der Waals surface area contributed by atoms with Crippen LogP contribution >= 0.6 is 0 Å². The molecule has 16 heavy (non-hydrogen) atoms. The first kappa shape index (κ1) is 12.9. The van der Waals surface area contributed by atoms with Crippen molar-refractivity contribution in [3.63, 3.8) is 0 Å². The molecular formula is C13H21NO2. The van der Waals surface area contributed by atoms with E-state index < -0.39 is 0 Å². The average Bonchev–Trinajstić information content (AvgIpc) is 2.13. The fourth-order valence-electron chi connectivity index (χ4n) is 2.17. The smallest absolute Gasteiger partial charge is 0.168 e. The fraction of sp³-hybridized carbons (Fsp3) is 0.692. The van der Waals surface area contributed by atoms with E-state index in [1.807, 2.05) is 27.7 Å². The largest absolute Gasteiger partial charge is 0.511 e. The van der Waals surface area contributed by atoms with Crippen LogP contribution in [0.3, 0.4) is 0 Å². The molecule has 0 bridgehead atoms. The highest BCUT2D eigenvalue weighted by atomic mass is 16.3. The van der Waals surface area contributed by atoms with Crippen LogP contribution in [0.5, 0.6) is 0 Å². The number of allylic oxidation sites excluding steroid dienone is 2. The molecule has 0 fully saturated rings. The van der Waals surface area contributed by atoms with Crippen LogP contribution in [0, 0.1) is 5.41 Å². The second-order valence-electron chi connectivity index (χ2n) is 5.04. The molecule has 0 spiro atoms. The molecule has 0 aromatic carbocycles. The maximum absolute atomic E-state index is 12.0. The molecule has 0 heterocycles. The Hall–Kier alpha value is -1.12. The Kier molecular flexibility index (Phi) is 3.89. The lowest BCUT2D eigenvalue weighted by Gasteiger charge is -2.29. The zero-order valence-corrected chi connectivity index (χ0v) is 10.6. The van der Waals surface area contributed by atoms with Gasteiger partial charge in [0.25, 0.3) is 0 Å². The van der Waals surface area contributed by atoms with Crippen molar-refractivity contribution in [2.45, 2.75) is 47.0 Å². The van der Waals surface area contributed by atoms with Crippen molar-refractivity contribution in [2.24, 2.45) is 10.4 Å². The van der Waals surface area contributed by atoms with E-state index in [0.717, 1.165) is 5.71 Å². The minimum absolute atomic E-state index is 0.0304. The minimum atomic E-state index is -0.129. The number of Topliss-reactive ketones (excluding diaryl/α,β-unsaturated/α-hetero) is 1. The summed E-state index contributed by atoms with van der Waals surface area (Å²) in [6.45, 7) is 8.55. The van der Waals surface area contributed by atoms with Gasteiger partial charge in [-0.15, -0.1) is 0 Å². The van der Waals surface area contributed by atoms with Crippen LogP contribution < -0.4 is 0 Å². The molecule has 1 rings (SSSR count). The Bertz CT molecular complexity index is 351. The van der Waals surface area contributed by atoms with E-state index in [4.69, 9.17) is 0 Å². The summed E-state index contributed by atoms with van der Waals surface area (Å²) >= 11 is 0. The van der Waals surface area contributed by atoms with Gasteiger partial charge in [-0.05, 0) is 18.8 Å². The number of aliphatic hydroxyl groups excluding tert-OH is 1. The molecule has 1 N–H and O–H groups in total. The third-order valence-electron chi connectivity index (χ3n) is 2.82. The van der Waals surface area contributed by atoms with Gasteiger partial charge in [-0.25, -0.2) is 0 Å². The maximum atomic E-state index is 12.0. The highest BCUT2D eigenvalue weighted by molar-refractivity contribution is 6.23. The van der Waals surface area contributed by atoms with E-state index >= 15 is 0 Å². The molecule has 0 atom stereocenters. The van der Waals surface area contributed by atoms with E-state index in [1.54, 1.807) is 0 Å². The number of rotatable bonds is 3. The van der Waals surface area contributed by atoms with Crippen LogP contribution in [0.15, 0.2) is 16.3 Å². The predicted octanol–water partition coefficient (Wildman–Crippen LogP) is 3.06. The van der Waals surface area contributed by atoms with Crippen molar-refractivity contribution < 1.29 is 9.90 Å². The van der Waals surface area contributed by atoms with Crippen LogP contribution in [0.25, 0.3) is 0 Å². The van der Waals surface area contributed by atoms with Crippen molar-refractivity contribution in [3.8, 4) is 0 Å². The number of ketones is 1. The number of hydrogen-bond acceptors (Lipinski definition) is 3. The van der Waals surface area contributed by atoms with Gasteiger partial charge in [0.05, 0.1) is 5.57 Å². The molecule has 0 saturated heterocycles. The van der Waals surface area contributed by atoms with Gasteiger partial charge >= 0.3 is 0 Å². The Morgan fingerprint density at radius 3 is 2.44 bits per heavy atom. The van der Waals surface area contributed by atoms with Crippen LogP contribution in [0.1, 0.15) is 47.0 Å². The van der Waals surface area contributed by atoms with Gasteiger partial charge in [0, 0.05) is 25.1 Å². The van der Waals surface area contributed by atoms with Crippen molar-refractivity contribution in [3.05, 3.63) is 11.3 Å². The molecule has 0 aliphatic heterocycles. The standard InChI is InChI=1S/C13H21NO2/c1-5-9(14-6-2)12-10(15)7-13(3,4)8-11(12)16/h15H,5-8H2,1-4H3. The number of hydrogen-bond donors (Lipinski definition) is 1. The van der Waals surface area contributed by atoms with Crippen molar-refractivity contribution in [2.75, 3.05) is 6.54 Å². The van der Waals surface area contributed by atoms with Gasteiger partial charge < -0.3 is 5.11 Å². The molecule has 0 aromatic rings. The first-order chi connectivity index (χ1) is 7.41. The fourth-order valence-corrected chi connectivity index (χ4v) is 2.17. The normalized spacial score (nSPS) is 21.5. The number of carbonyl (C=O) groups is 1. The molecule has 0 radical (unpaired) electrons. The number of carbonyl (C=O) groups excluding carboxylic acids is 1. The minimum Gasteiger partial charge on any atom is -0.511 e. The average molecular weight is 223 g/mol. The lowest BCUT2D eigenvalue weighted by Crippen LogP contribution is -2.29. The lowest BCUT2D eigenvalue weighted by atomic mass is 9.75. The summed E-state index contributed by atoms with van der Waals surface area (Å²) in [5, 5.41) is 9.98. The number of aliphatic imine (C=N–C) groups is 1. The van der Waals surface area contributed by atoms with Gasteiger partial charge in [-0.3, -0.25) is 9.79 Å². The van der Waals surface area contributed by atoms with E-state index in [0.29, 0.717) is 31.4 Å².